The molecule has 1 aromatic carbocycles. The lowest BCUT2D eigenvalue weighted by Gasteiger charge is -2.14. The first-order valence-electron chi connectivity index (χ1n) is 9.90. The van der Waals surface area contributed by atoms with Crippen molar-refractivity contribution in [3.8, 4) is 17.1 Å². The van der Waals surface area contributed by atoms with Crippen molar-refractivity contribution in [2.24, 2.45) is 0 Å². The Morgan fingerprint density at radius 1 is 1.12 bits per heavy atom. The van der Waals surface area contributed by atoms with Crippen molar-refractivity contribution in [2.75, 3.05) is 5.73 Å². The normalized spacial score (nSPS) is 12.9. The van der Waals surface area contributed by atoms with Crippen LogP contribution in [0.1, 0.15) is 16.8 Å². The number of aromatic nitrogens is 3. The summed E-state index contributed by atoms with van der Waals surface area (Å²) < 4.78 is 27.8. The number of rotatable bonds is 9. The topological polar surface area (TPSA) is 148 Å². The third-order valence-electron chi connectivity index (χ3n) is 4.76. The second-order valence-corrected chi connectivity index (χ2v) is 8.35. The summed E-state index contributed by atoms with van der Waals surface area (Å²) in [5, 5.41) is 4.10. The molecule has 0 amide bonds. The summed E-state index contributed by atoms with van der Waals surface area (Å²) >= 11 is 0. The highest BCUT2D eigenvalue weighted by Crippen LogP contribution is 2.30. The van der Waals surface area contributed by atoms with Crippen molar-refractivity contribution in [1.29, 1.82) is 0 Å². The summed E-state index contributed by atoms with van der Waals surface area (Å²) in [7, 11) is -4.87. The van der Waals surface area contributed by atoms with E-state index < -0.39 is 14.6 Å². The van der Waals surface area contributed by atoms with Gasteiger partial charge >= 0.3 is 0 Å². The van der Waals surface area contributed by atoms with Crippen LogP contribution in [0.5, 0.6) is 5.75 Å². The Morgan fingerprint density at radius 2 is 1.88 bits per heavy atom. The Morgan fingerprint density at radius 3 is 2.61 bits per heavy atom. The van der Waals surface area contributed by atoms with Crippen molar-refractivity contribution in [3.05, 3.63) is 90.0 Å². The molecule has 0 aliphatic carbocycles. The molecule has 3 aromatic heterocycles. The van der Waals surface area contributed by atoms with Gasteiger partial charge in [-0.15, -0.1) is 0 Å². The molecule has 0 aliphatic heterocycles. The van der Waals surface area contributed by atoms with Crippen LogP contribution in [0, 0.1) is 0 Å². The monoisotopic (exact) mass is 468 g/mol. The van der Waals surface area contributed by atoms with Gasteiger partial charge in [0, 0.05) is 24.9 Å². The van der Waals surface area contributed by atoms with E-state index >= 15 is 0 Å². The molecule has 3 heterocycles. The van der Waals surface area contributed by atoms with Gasteiger partial charge in [-0.05, 0) is 47.5 Å². The molecule has 1 unspecified atom stereocenters. The molecule has 0 saturated carbocycles. The van der Waals surface area contributed by atoms with Crippen molar-refractivity contribution < 1.29 is 32.7 Å². The highest BCUT2D eigenvalue weighted by molar-refractivity contribution is 7.44. The van der Waals surface area contributed by atoms with E-state index in [1.165, 1.54) is 10.8 Å². The Kier molecular flexibility index (Phi) is 6.81. The first kappa shape index (κ1) is 22.6. The maximum atomic E-state index is 10.8. The zero-order valence-corrected chi connectivity index (χ0v) is 18.3. The number of hydrogen-bond donors (Lipinski definition) is 2. The number of ether oxygens (including phenoxy) is 1. The summed E-state index contributed by atoms with van der Waals surface area (Å²) in [4.78, 5) is 23.6. The molecular weight excluding hydrogens is 447 g/mol. The van der Waals surface area contributed by atoms with Crippen LogP contribution in [-0.2, 0) is 28.8 Å². The predicted octanol–water partition coefficient (Wildman–Crippen LogP) is 2.21. The van der Waals surface area contributed by atoms with Gasteiger partial charge in [-0.1, -0.05) is 17.3 Å². The van der Waals surface area contributed by atoms with E-state index in [0.29, 0.717) is 30.0 Å². The molecule has 0 fully saturated rings. The van der Waals surface area contributed by atoms with Crippen LogP contribution in [0.15, 0.2) is 77.7 Å². The lowest BCUT2D eigenvalue weighted by molar-refractivity contribution is -0.712. The second kappa shape index (κ2) is 9.93. The average molecular weight is 468 g/mol. The van der Waals surface area contributed by atoms with Crippen molar-refractivity contribution >= 4 is 13.6 Å². The standard InChI is InChI=1S/C22H21N4O6P/c23-22-20(2-1-11-26(22)15-31-33(27,28)29)21-13-18(25-32-21)12-16-3-5-19(6-4-16)30-14-17-7-9-24-10-8-17/h1-11,13,23H,12,14-15H2,(H2,27,28,29). The van der Waals surface area contributed by atoms with E-state index in [0.717, 1.165) is 16.9 Å². The third kappa shape index (κ3) is 6.24. The highest BCUT2D eigenvalue weighted by atomic mass is 31.2. The largest absolute Gasteiger partial charge is 0.756 e. The summed E-state index contributed by atoms with van der Waals surface area (Å²) in [5.41, 5.74) is 9.36. The van der Waals surface area contributed by atoms with Gasteiger partial charge in [-0.3, -0.25) is 19.8 Å². The van der Waals surface area contributed by atoms with Crippen LogP contribution in [-0.4, -0.2) is 15.0 Å². The summed E-state index contributed by atoms with van der Waals surface area (Å²) in [6, 6.07) is 16.6. The lowest BCUT2D eigenvalue weighted by Crippen LogP contribution is -2.38. The van der Waals surface area contributed by atoms with Gasteiger partial charge in [0.05, 0.1) is 11.9 Å². The molecule has 0 radical (unpaired) electrons. The minimum absolute atomic E-state index is 0.198. The van der Waals surface area contributed by atoms with Gasteiger partial charge in [0.1, 0.15) is 17.9 Å². The minimum atomic E-state index is -4.87. The van der Waals surface area contributed by atoms with Gasteiger partial charge in [0.15, 0.2) is 12.5 Å². The number of hydrogen-bond acceptors (Lipinski definition) is 8. The Balaban J connectivity index is 1.40. The molecule has 4 rings (SSSR count). The zero-order chi connectivity index (χ0) is 23.3. The number of nitrogens with zero attached hydrogens (tertiary/aromatic N) is 3. The van der Waals surface area contributed by atoms with Crippen molar-refractivity contribution in [3.63, 3.8) is 0 Å². The molecule has 10 nitrogen and oxygen atoms in total. The minimum Gasteiger partial charge on any atom is -0.756 e. The molecule has 0 aliphatic rings. The number of anilines is 1. The second-order valence-electron chi connectivity index (χ2n) is 7.15. The number of benzene rings is 1. The van der Waals surface area contributed by atoms with Crippen LogP contribution >= 0.6 is 7.82 Å². The molecular formula is C22H21N4O6P. The van der Waals surface area contributed by atoms with Gasteiger partial charge in [0.25, 0.3) is 13.6 Å². The van der Waals surface area contributed by atoms with Gasteiger partial charge in [-0.25, -0.2) is 4.57 Å². The number of phosphoric acid groups is 1. The average Bonchev–Trinajstić information content (AvgIpc) is 3.26. The van der Waals surface area contributed by atoms with Gasteiger partial charge in [0.2, 0.25) is 0 Å². The molecule has 170 valence electrons. The molecule has 33 heavy (non-hydrogen) atoms. The van der Waals surface area contributed by atoms with E-state index in [1.54, 1.807) is 30.6 Å². The molecule has 11 heteroatoms. The van der Waals surface area contributed by atoms with Crippen molar-refractivity contribution in [1.82, 2.24) is 10.1 Å². The molecule has 0 spiro atoms. The third-order valence-corrected chi connectivity index (χ3v) is 5.20. The number of phosphoric ester groups is 1. The van der Waals surface area contributed by atoms with Gasteiger partial charge in [-0.2, -0.15) is 0 Å². The van der Waals surface area contributed by atoms with Crippen LogP contribution in [0.4, 0.5) is 5.82 Å². The molecule has 1 atom stereocenters. The van der Waals surface area contributed by atoms with E-state index in [4.69, 9.17) is 19.9 Å². The number of pyridine rings is 2. The Labute approximate surface area is 189 Å². The van der Waals surface area contributed by atoms with E-state index in [2.05, 4.69) is 14.7 Å². The van der Waals surface area contributed by atoms with Crippen LogP contribution in [0.3, 0.4) is 0 Å². The Hall–Kier alpha value is -3.56. The van der Waals surface area contributed by atoms with Crippen LogP contribution in [0.25, 0.3) is 11.3 Å². The highest BCUT2D eigenvalue weighted by Gasteiger charge is 2.18. The quantitative estimate of drug-likeness (QED) is 0.279. The number of nitrogens with two attached hydrogens (primary N) is 1. The maximum absolute atomic E-state index is 10.8. The van der Waals surface area contributed by atoms with Gasteiger partial charge < -0.3 is 19.0 Å². The first-order chi connectivity index (χ1) is 15.9. The molecule has 4 aromatic rings. The van der Waals surface area contributed by atoms with Crippen LogP contribution < -0.4 is 19.9 Å². The maximum Gasteiger partial charge on any atom is 0.285 e. The fourth-order valence-electron chi connectivity index (χ4n) is 3.10. The summed E-state index contributed by atoms with van der Waals surface area (Å²) in [5.74, 6) is 1.37. The van der Waals surface area contributed by atoms with Crippen LogP contribution in [0.2, 0.25) is 0 Å². The fourth-order valence-corrected chi connectivity index (χ4v) is 3.37. The lowest BCUT2D eigenvalue weighted by atomic mass is 10.1. The zero-order valence-electron chi connectivity index (χ0n) is 17.4. The first-order valence-corrected chi connectivity index (χ1v) is 11.4. The van der Waals surface area contributed by atoms with E-state index in [-0.39, 0.29) is 5.82 Å². The fraction of sp³-hybridized carbons (Fsp3) is 0.136. The van der Waals surface area contributed by atoms with E-state index in [9.17, 15) is 9.46 Å². The van der Waals surface area contributed by atoms with E-state index in [1.807, 2.05) is 36.4 Å². The smallest absolute Gasteiger partial charge is 0.285 e. The SMILES string of the molecule is Nc1c(-c2cc(Cc3ccc(OCc4ccncc4)cc3)no2)ccc[n+]1COP(=O)([O-])O. The Bertz CT molecular complexity index is 1260. The predicted molar refractivity (Wildman–Crippen MR) is 115 cm³/mol. The molecule has 3 N–H and O–H groups in total. The molecule has 0 saturated heterocycles. The summed E-state index contributed by atoms with van der Waals surface area (Å²) in [6.45, 7) is -0.00372. The van der Waals surface area contributed by atoms with Crippen molar-refractivity contribution in [2.45, 2.75) is 19.8 Å². The molecule has 0 bridgehead atoms. The summed E-state index contributed by atoms with van der Waals surface area (Å²) in [6.07, 6.45) is 5.51. The number of nitrogen functional groups attached to an aromatic ring is 1.